The van der Waals surface area contributed by atoms with E-state index in [1.54, 1.807) is 12.1 Å². The summed E-state index contributed by atoms with van der Waals surface area (Å²) in [5.41, 5.74) is 1.42. The van der Waals surface area contributed by atoms with Crippen molar-refractivity contribution >= 4 is 0 Å². The molecule has 2 fully saturated rings. The molecule has 2 nitrogen and oxygen atoms in total. The summed E-state index contributed by atoms with van der Waals surface area (Å²) >= 11 is 0. The lowest BCUT2D eigenvalue weighted by Gasteiger charge is -2.29. The van der Waals surface area contributed by atoms with Gasteiger partial charge < -0.3 is 9.47 Å². The Hall–Kier alpha value is -2.50. The largest absolute Gasteiger partial charge is 0.483 e. The first-order valence-electron chi connectivity index (χ1n) is 14.7. The molecule has 0 saturated heterocycles. The number of hydrogen-bond donors (Lipinski definition) is 0. The van der Waals surface area contributed by atoms with Crippen LogP contribution < -0.4 is 9.47 Å². The maximum atomic E-state index is 14.8. The van der Waals surface area contributed by atoms with E-state index in [2.05, 4.69) is 18.2 Å². The van der Waals surface area contributed by atoms with Gasteiger partial charge in [-0.1, -0.05) is 56.9 Å². The minimum atomic E-state index is -3.83. The van der Waals surface area contributed by atoms with Crippen LogP contribution in [0.25, 0.3) is 0 Å². The van der Waals surface area contributed by atoms with Gasteiger partial charge in [0.25, 0.3) is 0 Å². The lowest BCUT2D eigenvalue weighted by atomic mass is 9.77. The van der Waals surface area contributed by atoms with Gasteiger partial charge in [-0.2, -0.15) is 13.2 Å². The molecule has 0 radical (unpaired) electrons. The van der Waals surface area contributed by atoms with Crippen molar-refractivity contribution in [1.29, 1.82) is 0 Å². The molecule has 214 valence electrons. The number of hydrogen-bond acceptors (Lipinski definition) is 2. The number of alkyl halides is 2. The van der Waals surface area contributed by atoms with Crippen LogP contribution in [-0.2, 0) is 0 Å². The van der Waals surface area contributed by atoms with E-state index >= 15 is 0 Å². The molecule has 0 spiro atoms. The third kappa shape index (κ3) is 8.02. The summed E-state index contributed by atoms with van der Waals surface area (Å²) < 4.78 is 68.4. The Kier molecular flexibility index (Phi) is 10.4. The zero-order valence-corrected chi connectivity index (χ0v) is 23.1. The fourth-order valence-corrected chi connectivity index (χ4v) is 6.27. The van der Waals surface area contributed by atoms with Gasteiger partial charge in [-0.15, -0.1) is 6.58 Å². The predicted molar refractivity (Wildman–Crippen MR) is 148 cm³/mol. The summed E-state index contributed by atoms with van der Waals surface area (Å²) in [6, 6.07) is 9.71. The van der Waals surface area contributed by atoms with Crippen LogP contribution in [0.2, 0.25) is 0 Å². The Labute approximate surface area is 230 Å². The van der Waals surface area contributed by atoms with E-state index in [1.165, 1.54) is 50.2 Å². The molecule has 0 aromatic heterocycles. The Morgan fingerprint density at radius 2 is 1.51 bits per heavy atom. The van der Waals surface area contributed by atoms with E-state index in [9.17, 15) is 17.6 Å². The highest BCUT2D eigenvalue weighted by molar-refractivity contribution is 5.34. The van der Waals surface area contributed by atoms with Gasteiger partial charge in [-0.3, -0.25) is 0 Å². The third-order valence-corrected chi connectivity index (χ3v) is 8.70. The second kappa shape index (κ2) is 13.7. The number of rotatable bonds is 12. The highest BCUT2D eigenvalue weighted by Crippen LogP contribution is 2.40. The monoisotopic (exact) mass is 546 g/mol. The molecule has 2 saturated carbocycles. The fraction of sp³-hybridized carbons (Fsp3) is 0.576. The van der Waals surface area contributed by atoms with E-state index in [1.807, 2.05) is 18.2 Å². The molecule has 0 amide bonds. The van der Waals surface area contributed by atoms with Gasteiger partial charge in [-0.25, -0.2) is 4.39 Å². The summed E-state index contributed by atoms with van der Waals surface area (Å²) in [5, 5.41) is 0. The smallest absolute Gasteiger partial charge is 0.433 e. The molecule has 0 unspecified atom stereocenters. The fourth-order valence-electron chi connectivity index (χ4n) is 6.27. The summed E-state index contributed by atoms with van der Waals surface area (Å²) in [5.74, 6) is -1.48. The van der Waals surface area contributed by atoms with Crippen LogP contribution in [0, 0.1) is 23.5 Å². The van der Waals surface area contributed by atoms with Crippen LogP contribution in [0.15, 0.2) is 49.1 Å². The van der Waals surface area contributed by atoms with Crippen molar-refractivity contribution in [3.05, 3.63) is 71.8 Å². The molecule has 4 rings (SSSR count). The molecule has 0 heterocycles. The van der Waals surface area contributed by atoms with Crippen molar-refractivity contribution in [3.63, 3.8) is 0 Å². The second-order valence-electron chi connectivity index (χ2n) is 11.4. The molecule has 39 heavy (non-hydrogen) atoms. The lowest BCUT2D eigenvalue weighted by Crippen LogP contribution is -2.33. The normalized spacial score (nSPS) is 23.8. The van der Waals surface area contributed by atoms with E-state index in [0.29, 0.717) is 24.7 Å². The standard InChI is InChI=1S/C33H42F4O2/c1-3-5-6-7-24-10-12-25(13-11-24)26-16-18-28(19-17-26)38-22-33(36,37)39-30-21-20-29(31(34)32(30)35)27-14-8-23(4-2)9-15-27/h4,16-21,23-25,27H,2-3,5-15,22H2,1H3. The molecular weight excluding hydrogens is 504 g/mol. The zero-order valence-electron chi connectivity index (χ0n) is 23.1. The van der Waals surface area contributed by atoms with Crippen molar-refractivity contribution in [2.24, 2.45) is 11.8 Å². The Bertz CT molecular complexity index is 1050. The Balaban J connectivity index is 1.27. The van der Waals surface area contributed by atoms with E-state index in [0.717, 1.165) is 37.7 Å². The Morgan fingerprint density at radius 3 is 2.15 bits per heavy atom. The molecule has 2 aliphatic carbocycles. The molecular formula is C33H42F4O2. The highest BCUT2D eigenvalue weighted by atomic mass is 19.3. The topological polar surface area (TPSA) is 18.5 Å². The molecule has 2 aliphatic rings. The zero-order chi connectivity index (χ0) is 27.8. The minimum Gasteiger partial charge on any atom is -0.483 e. The predicted octanol–water partition coefficient (Wildman–Crippen LogP) is 10.3. The van der Waals surface area contributed by atoms with Crippen molar-refractivity contribution in [2.75, 3.05) is 6.61 Å². The molecule has 2 aromatic carbocycles. The highest BCUT2D eigenvalue weighted by Gasteiger charge is 2.35. The summed E-state index contributed by atoms with van der Waals surface area (Å²) in [6.07, 6.45) is 11.2. The molecule has 0 bridgehead atoms. The molecule has 0 N–H and O–H groups in total. The van der Waals surface area contributed by atoms with Crippen LogP contribution in [0.5, 0.6) is 11.5 Å². The van der Waals surface area contributed by atoms with Gasteiger partial charge in [0.2, 0.25) is 5.82 Å². The van der Waals surface area contributed by atoms with Crippen molar-refractivity contribution in [2.45, 2.75) is 102 Å². The lowest BCUT2D eigenvalue weighted by molar-refractivity contribution is -0.196. The van der Waals surface area contributed by atoms with Gasteiger partial charge in [0.1, 0.15) is 5.75 Å². The summed E-state index contributed by atoms with van der Waals surface area (Å²) in [4.78, 5) is 0. The van der Waals surface area contributed by atoms with E-state index in [4.69, 9.17) is 4.74 Å². The quantitative estimate of drug-likeness (QED) is 0.150. The number of unbranched alkanes of at least 4 members (excludes halogenated alkanes) is 2. The third-order valence-electron chi connectivity index (χ3n) is 8.70. The van der Waals surface area contributed by atoms with Gasteiger partial charge >= 0.3 is 6.11 Å². The van der Waals surface area contributed by atoms with Crippen molar-refractivity contribution < 1.29 is 27.0 Å². The SMILES string of the molecule is C=CC1CCC(c2ccc(OC(F)(F)COc3ccc(C4CCC(CCCCC)CC4)cc3)c(F)c2F)CC1. The maximum Gasteiger partial charge on any atom is 0.433 e. The van der Waals surface area contributed by atoms with E-state index in [-0.39, 0.29) is 17.2 Å². The minimum absolute atomic E-state index is 0.141. The van der Waals surface area contributed by atoms with Gasteiger partial charge in [-0.05, 0) is 104 Å². The first-order chi connectivity index (χ1) is 18.8. The Morgan fingerprint density at radius 1 is 0.846 bits per heavy atom. The van der Waals surface area contributed by atoms with Gasteiger partial charge in [0.05, 0.1) is 0 Å². The summed E-state index contributed by atoms with van der Waals surface area (Å²) in [7, 11) is 0. The van der Waals surface area contributed by atoms with Crippen LogP contribution in [0.1, 0.15) is 107 Å². The number of benzene rings is 2. The number of ether oxygens (including phenoxy) is 2. The molecule has 0 atom stereocenters. The van der Waals surface area contributed by atoms with Gasteiger partial charge in [0, 0.05) is 0 Å². The van der Waals surface area contributed by atoms with Gasteiger partial charge in [0.15, 0.2) is 18.2 Å². The maximum absolute atomic E-state index is 14.8. The first kappa shape index (κ1) is 29.5. The second-order valence-corrected chi connectivity index (χ2v) is 11.4. The van der Waals surface area contributed by atoms with Crippen LogP contribution in [0.4, 0.5) is 17.6 Å². The molecule has 0 aliphatic heterocycles. The first-order valence-corrected chi connectivity index (χ1v) is 14.7. The molecule has 2 aromatic rings. The van der Waals surface area contributed by atoms with Crippen LogP contribution in [-0.4, -0.2) is 12.7 Å². The number of halogens is 4. The van der Waals surface area contributed by atoms with Crippen molar-refractivity contribution in [1.82, 2.24) is 0 Å². The average molecular weight is 547 g/mol. The molecule has 6 heteroatoms. The number of allylic oxidation sites excluding steroid dienone is 1. The summed E-state index contributed by atoms with van der Waals surface area (Å²) in [6.45, 7) is 4.92. The van der Waals surface area contributed by atoms with Crippen molar-refractivity contribution in [3.8, 4) is 11.5 Å². The van der Waals surface area contributed by atoms with E-state index < -0.39 is 30.1 Å². The average Bonchev–Trinajstić information content (AvgIpc) is 2.95. The van der Waals surface area contributed by atoms with Crippen LogP contribution in [0.3, 0.4) is 0 Å². The van der Waals surface area contributed by atoms with Crippen LogP contribution >= 0.6 is 0 Å².